The van der Waals surface area contributed by atoms with Gasteiger partial charge < -0.3 is 20.1 Å². The van der Waals surface area contributed by atoms with Crippen LogP contribution in [0.25, 0.3) is 22.4 Å². The Morgan fingerprint density at radius 2 is 1.88 bits per heavy atom. The van der Waals surface area contributed by atoms with Crippen LogP contribution in [0.15, 0.2) is 61.1 Å². The molecule has 4 rings (SSSR count). The lowest BCUT2D eigenvalue weighted by molar-refractivity contribution is -0.0964. The molecule has 32 heavy (non-hydrogen) atoms. The van der Waals surface area contributed by atoms with Gasteiger partial charge in [-0.25, -0.2) is 9.97 Å². The first-order valence-electron chi connectivity index (χ1n) is 9.95. The van der Waals surface area contributed by atoms with Gasteiger partial charge in [-0.1, -0.05) is 30.3 Å². The van der Waals surface area contributed by atoms with Gasteiger partial charge in [-0.15, -0.1) is 0 Å². The number of fused-ring (bicyclic) bond motifs is 1. The maximum absolute atomic E-state index is 5.31. The van der Waals surface area contributed by atoms with Crippen molar-refractivity contribution in [2.24, 2.45) is 0 Å². The van der Waals surface area contributed by atoms with E-state index in [0.717, 1.165) is 5.56 Å². The topological polar surface area (TPSA) is 99.0 Å². The maximum atomic E-state index is 5.31. The van der Waals surface area contributed by atoms with E-state index in [-0.39, 0.29) is 0 Å². The smallest absolute Gasteiger partial charge is 0.180 e. The van der Waals surface area contributed by atoms with Gasteiger partial charge in [0.15, 0.2) is 17.0 Å². The third kappa shape index (κ3) is 5.41. The van der Waals surface area contributed by atoms with Crippen LogP contribution in [0.5, 0.6) is 0 Å². The Kier molecular flexibility index (Phi) is 6.95. The van der Waals surface area contributed by atoms with E-state index in [1.165, 1.54) is 5.56 Å². The lowest BCUT2D eigenvalue weighted by atomic mass is 10.2. The Labute approximate surface area is 190 Å². The molecule has 0 aliphatic carbocycles. The molecule has 10 heteroatoms. The highest BCUT2D eigenvalue weighted by molar-refractivity contribution is 7.80. The highest BCUT2D eigenvalue weighted by atomic mass is 32.1. The normalized spacial score (nSPS) is 11.1. The van der Waals surface area contributed by atoms with Crippen LogP contribution in [0.2, 0.25) is 0 Å². The monoisotopic (exact) mass is 449 g/mol. The van der Waals surface area contributed by atoms with Crippen LogP contribution < -0.4 is 10.6 Å². The Hall–Kier alpha value is -3.47. The molecule has 0 fully saturated rings. The molecule has 0 aliphatic heterocycles. The van der Waals surface area contributed by atoms with Crippen molar-refractivity contribution in [2.75, 3.05) is 26.1 Å². The number of ether oxygens (including phenoxy) is 2. The molecule has 0 bridgehead atoms. The Morgan fingerprint density at radius 3 is 2.66 bits per heavy atom. The molecular weight excluding hydrogens is 426 g/mol. The fraction of sp³-hybridized carbons (Fsp3) is 0.227. The Morgan fingerprint density at radius 1 is 1.06 bits per heavy atom. The van der Waals surface area contributed by atoms with Crippen molar-refractivity contribution in [3.63, 3.8) is 0 Å². The zero-order valence-electron chi connectivity index (χ0n) is 17.7. The number of nitrogens with one attached hydrogen (secondary N) is 2. The summed E-state index contributed by atoms with van der Waals surface area (Å²) in [4.78, 5) is 13.7. The lowest BCUT2D eigenvalue weighted by Gasteiger charge is -2.15. The van der Waals surface area contributed by atoms with Gasteiger partial charge in [0.2, 0.25) is 0 Å². The van der Waals surface area contributed by atoms with E-state index in [9.17, 15) is 0 Å². The van der Waals surface area contributed by atoms with E-state index < -0.39 is 6.29 Å². The van der Waals surface area contributed by atoms with Gasteiger partial charge in [-0.05, 0) is 29.9 Å². The summed E-state index contributed by atoms with van der Waals surface area (Å²) in [7, 11) is 3.14. The number of hydrogen-bond donors (Lipinski definition) is 2. The minimum atomic E-state index is -0.393. The molecule has 0 amide bonds. The fourth-order valence-electron chi connectivity index (χ4n) is 3.06. The number of thiocarbonyl (C=S) groups is 1. The van der Waals surface area contributed by atoms with Crippen LogP contribution in [0.4, 0.5) is 5.82 Å². The van der Waals surface area contributed by atoms with Gasteiger partial charge >= 0.3 is 0 Å². The van der Waals surface area contributed by atoms with Crippen LogP contribution in [0, 0.1) is 0 Å². The molecule has 0 radical (unpaired) electrons. The van der Waals surface area contributed by atoms with E-state index in [4.69, 9.17) is 21.7 Å². The summed E-state index contributed by atoms with van der Waals surface area (Å²) in [5.41, 5.74) is 3.95. The van der Waals surface area contributed by atoms with Gasteiger partial charge in [0.1, 0.15) is 11.3 Å². The number of anilines is 1. The molecule has 3 aromatic heterocycles. The van der Waals surface area contributed by atoms with Crippen LogP contribution in [0.3, 0.4) is 0 Å². The van der Waals surface area contributed by atoms with Gasteiger partial charge in [0.25, 0.3) is 0 Å². The number of rotatable bonds is 8. The summed E-state index contributed by atoms with van der Waals surface area (Å²) in [6, 6.07) is 13.8. The summed E-state index contributed by atoms with van der Waals surface area (Å²) in [6.45, 7) is 1.09. The van der Waals surface area contributed by atoms with Crippen molar-refractivity contribution < 1.29 is 9.47 Å². The molecule has 2 N–H and O–H groups in total. The van der Waals surface area contributed by atoms with Crippen molar-refractivity contribution in [1.29, 1.82) is 0 Å². The molecular formula is C22H23N7O2S. The summed E-state index contributed by atoms with van der Waals surface area (Å²) in [5, 5.41) is 10.9. The number of benzene rings is 1. The minimum Gasteiger partial charge on any atom is -0.357 e. The SMILES string of the molecule is COC(CNC(=S)Nc1ccc2ncc(-c3cnn(Cc4ccccc4)c3)nc2n1)OC. The molecule has 3 heterocycles. The van der Waals surface area contributed by atoms with Gasteiger partial charge in [0, 0.05) is 26.0 Å². The zero-order chi connectivity index (χ0) is 22.3. The minimum absolute atomic E-state index is 0.393. The van der Waals surface area contributed by atoms with Gasteiger partial charge in [-0.2, -0.15) is 5.10 Å². The van der Waals surface area contributed by atoms with E-state index >= 15 is 0 Å². The van der Waals surface area contributed by atoms with Crippen molar-refractivity contribution in [2.45, 2.75) is 12.8 Å². The zero-order valence-corrected chi connectivity index (χ0v) is 18.5. The first kappa shape index (κ1) is 21.8. The second-order valence-corrected chi connectivity index (χ2v) is 7.35. The number of methoxy groups -OCH3 is 2. The van der Waals surface area contributed by atoms with E-state index in [1.54, 1.807) is 32.7 Å². The van der Waals surface area contributed by atoms with E-state index in [1.807, 2.05) is 35.1 Å². The highest BCUT2D eigenvalue weighted by Crippen LogP contribution is 2.19. The first-order chi connectivity index (χ1) is 15.6. The number of nitrogens with zero attached hydrogens (tertiary/aromatic N) is 5. The molecule has 0 saturated heterocycles. The standard InChI is InChI=1S/C22H23N7O2S/c1-30-20(31-2)12-24-22(32)28-19-9-8-17-21(27-19)26-18(11-23-17)16-10-25-29(14-16)13-15-6-4-3-5-7-15/h3-11,14,20H,12-13H2,1-2H3,(H2,24,26,27,28,32). The third-order valence-electron chi connectivity index (χ3n) is 4.72. The summed E-state index contributed by atoms with van der Waals surface area (Å²) < 4.78 is 12.1. The van der Waals surface area contributed by atoms with Gasteiger partial charge in [0.05, 0.1) is 31.2 Å². The lowest BCUT2D eigenvalue weighted by Crippen LogP contribution is -2.36. The van der Waals surface area contributed by atoms with E-state index in [0.29, 0.717) is 40.9 Å². The summed E-state index contributed by atoms with van der Waals surface area (Å²) in [5.74, 6) is 0.563. The molecule has 0 atom stereocenters. The van der Waals surface area contributed by atoms with Crippen LogP contribution in [-0.4, -0.2) is 56.9 Å². The molecule has 0 aliphatic rings. The quantitative estimate of drug-likeness (QED) is 0.311. The Bertz CT molecular complexity index is 1200. The van der Waals surface area contributed by atoms with Crippen LogP contribution >= 0.6 is 12.2 Å². The van der Waals surface area contributed by atoms with Gasteiger partial charge in [-0.3, -0.25) is 9.67 Å². The third-order valence-corrected chi connectivity index (χ3v) is 4.97. The number of hydrogen-bond acceptors (Lipinski definition) is 7. The second kappa shape index (κ2) is 10.2. The molecule has 0 saturated carbocycles. The van der Waals surface area contributed by atoms with Crippen molar-refractivity contribution in [1.82, 2.24) is 30.0 Å². The largest absolute Gasteiger partial charge is 0.357 e. The first-order valence-corrected chi connectivity index (χ1v) is 10.4. The van der Waals surface area contributed by atoms with Crippen LogP contribution in [-0.2, 0) is 16.0 Å². The molecule has 9 nitrogen and oxygen atoms in total. The molecule has 0 unspecified atom stereocenters. The predicted molar refractivity (Wildman–Crippen MR) is 126 cm³/mol. The average Bonchev–Trinajstić information content (AvgIpc) is 3.28. The van der Waals surface area contributed by atoms with Crippen molar-refractivity contribution >= 4 is 34.3 Å². The summed E-state index contributed by atoms with van der Waals surface area (Å²) >= 11 is 5.31. The molecule has 4 aromatic rings. The molecule has 1 aromatic carbocycles. The van der Waals surface area contributed by atoms with Crippen molar-refractivity contribution in [3.8, 4) is 11.3 Å². The molecule has 0 spiro atoms. The van der Waals surface area contributed by atoms with Crippen molar-refractivity contribution in [3.05, 3.63) is 66.6 Å². The maximum Gasteiger partial charge on any atom is 0.180 e. The number of aromatic nitrogens is 5. The second-order valence-electron chi connectivity index (χ2n) is 6.94. The van der Waals surface area contributed by atoms with Crippen LogP contribution in [0.1, 0.15) is 5.56 Å². The highest BCUT2D eigenvalue weighted by Gasteiger charge is 2.09. The predicted octanol–water partition coefficient (Wildman–Crippen LogP) is 2.84. The Balaban J connectivity index is 1.47. The summed E-state index contributed by atoms with van der Waals surface area (Å²) in [6.07, 6.45) is 5.06. The molecule has 164 valence electrons. The van der Waals surface area contributed by atoms with E-state index in [2.05, 4.69) is 42.8 Å². The average molecular weight is 450 g/mol. The number of pyridine rings is 1. The fourth-order valence-corrected chi connectivity index (χ4v) is 3.25.